The van der Waals surface area contributed by atoms with E-state index in [9.17, 15) is 33.9 Å². The molecule has 3 N–H and O–H groups in total. The summed E-state index contributed by atoms with van der Waals surface area (Å²) in [6, 6.07) is 4.67. The maximum atomic E-state index is 13.6. The first kappa shape index (κ1) is 26.4. The lowest BCUT2D eigenvalue weighted by atomic mass is 9.57. The van der Waals surface area contributed by atoms with Crippen molar-refractivity contribution in [2.75, 3.05) is 20.2 Å². The number of allylic oxidation sites excluding steroid dienone is 2. The van der Waals surface area contributed by atoms with Crippen LogP contribution in [0.4, 0.5) is 0 Å². The summed E-state index contributed by atoms with van der Waals surface area (Å²) in [5.41, 5.74) is 1.24. The molecule has 2 saturated heterocycles. The normalized spacial score (nSPS) is 29.6. The van der Waals surface area contributed by atoms with Crippen molar-refractivity contribution in [3.05, 3.63) is 35.4 Å². The fourth-order valence-electron chi connectivity index (χ4n) is 6.85. The zero-order chi connectivity index (χ0) is 28.2. The van der Waals surface area contributed by atoms with Gasteiger partial charge in [-0.15, -0.1) is 0 Å². The summed E-state index contributed by atoms with van der Waals surface area (Å²) in [5, 5.41) is 28.7. The maximum absolute atomic E-state index is 13.6. The second-order valence-electron chi connectivity index (χ2n) is 10.4. The van der Waals surface area contributed by atoms with E-state index < -0.39 is 77.5 Å². The number of amides is 4. The number of carbonyl (C=O) groups excluding carboxylic acids is 4. The molecule has 2 heterocycles. The number of phenols is 1. The van der Waals surface area contributed by atoms with Crippen molar-refractivity contribution in [2.45, 2.75) is 31.6 Å². The van der Waals surface area contributed by atoms with Crippen LogP contribution in [-0.2, 0) is 28.8 Å². The molecule has 0 unspecified atom stereocenters. The highest BCUT2D eigenvalue weighted by atomic mass is 16.5. The Labute approximate surface area is 222 Å². The van der Waals surface area contributed by atoms with Crippen molar-refractivity contribution in [1.29, 1.82) is 0 Å². The van der Waals surface area contributed by atoms with E-state index in [2.05, 4.69) is 0 Å². The van der Waals surface area contributed by atoms with Crippen LogP contribution in [0.5, 0.6) is 11.5 Å². The highest BCUT2D eigenvalue weighted by molar-refractivity contribution is 6.08. The Morgan fingerprint density at radius 2 is 1.46 bits per heavy atom. The van der Waals surface area contributed by atoms with Crippen LogP contribution in [-0.4, -0.2) is 80.9 Å². The van der Waals surface area contributed by atoms with Gasteiger partial charge in [0.05, 0.1) is 43.6 Å². The number of carboxylic acid groups (broad SMARTS) is 2. The Hall–Kier alpha value is -4.22. The van der Waals surface area contributed by atoms with Gasteiger partial charge < -0.3 is 20.1 Å². The number of phenolic OH excluding ortho intramolecular Hbond substituents is 1. The average Bonchev–Trinajstić information content (AvgIpc) is 3.28. The van der Waals surface area contributed by atoms with Crippen molar-refractivity contribution in [2.24, 2.45) is 29.6 Å². The molecule has 206 valence electrons. The minimum Gasteiger partial charge on any atom is -0.504 e. The molecule has 3 fully saturated rings. The lowest BCUT2D eigenvalue weighted by Gasteiger charge is -2.44. The van der Waals surface area contributed by atoms with Gasteiger partial charge in [0.2, 0.25) is 23.6 Å². The van der Waals surface area contributed by atoms with E-state index in [4.69, 9.17) is 14.9 Å². The third-order valence-electron chi connectivity index (χ3n) is 8.49. The zero-order valence-corrected chi connectivity index (χ0v) is 21.1. The number of hydrogen-bond acceptors (Lipinski definition) is 8. The van der Waals surface area contributed by atoms with Gasteiger partial charge in [0, 0.05) is 19.0 Å². The SMILES string of the molecule is COc1ccc([C@H]2C3=CC[C@@H]4C(=O)N(CCC(=O)O)C(=O)[C@@H]4[C@@H]3C[C@H]3C(=O)N(CCC(=O)O)C(=O)[C@@H]23)cc1O. The van der Waals surface area contributed by atoms with Crippen molar-refractivity contribution in [3.8, 4) is 11.5 Å². The van der Waals surface area contributed by atoms with Gasteiger partial charge in [0.1, 0.15) is 0 Å². The fraction of sp³-hybridized carbons (Fsp3) is 0.481. The zero-order valence-electron chi connectivity index (χ0n) is 21.1. The Morgan fingerprint density at radius 1 is 0.872 bits per heavy atom. The number of methoxy groups -OCH3 is 1. The van der Waals surface area contributed by atoms with Crippen molar-refractivity contribution in [3.63, 3.8) is 0 Å². The Balaban J connectivity index is 1.57. The van der Waals surface area contributed by atoms with E-state index in [0.29, 0.717) is 11.1 Å². The van der Waals surface area contributed by atoms with E-state index >= 15 is 0 Å². The second-order valence-corrected chi connectivity index (χ2v) is 10.4. The number of aliphatic carboxylic acids is 2. The molecule has 2 aliphatic heterocycles. The number of imide groups is 2. The van der Waals surface area contributed by atoms with Crippen molar-refractivity contribution < 1.29 is 48.8 Å². The second kappa shape index (κ2) is 9.83. The van der Waals surface area contributed by atoms with Gasteiger partial charge in [-0.3, -0.25) is 38.6 Å². The van der Waals surface area contributed by atoms with E-state index in [1.54, 1.807) is 6.07 Å². The molecule has 1 aromatic carbocycles. The van der Waals surface area contributed by atoms with Crippen LogP contribution in [0.3, 0.4) is 0 Å². The first-order valence-electron chi connectivity index (χ1n) is 12.8. The van der Waals surface area contributed by atoms with Gasteiger partial charge in [-0.2, -0.15) is 0 Å². The predicted molar refractivity (Wildman–Crippen MR) is 130 cm³/mol. The van der Waals surface area contributed by atoms with Gasteiger partial charge in [-0.25, -0.2) is 0 Å². The number of fused-ring (bicyclic) bond motifs is 4. The number of benzene rings is 1. The monoisotopic (exact) mass is 540 g/mol. The third-order valence-corrected chi connectivity index (χ3v) is 8.49. The smallest absolute Gasteiger partial charge is 0.305 e. The number of aromatic hydroxyl groups is 1. The standard InChI is InChI=1S/C27H28N2O10/c1-39-18-5-2-12(10-17(18)30)21-13-3-4-14-22(26(37)28(24(14)35)8-6-19(31)32)15(13)11-16-23(21)27(38)29(25(16)36)9-7-20(33)34/h2-3,5,10,14-16,21-23,30H,4,6-9,11H2,1H3,(H,31,32)(H,33,34)/t14-,15+,16+,21-,22-,23+/m0/s1. The van der Waals surface area contributed by atoms with Gasteiger partial charge in [0.15, 0.2) is 11.5 Å². The Bertz CT molecular complexity index is 1320. The van der Waals surface area contributed by atoms with Crippen LogP contribution < -0.4 is 4.74 Å². The molecule has 0 radical (unpaired) electrons. The molecule has 12 heteroatoms. The molecule has 12 nitrogen and oxygen atoms in total. The molecule has 0 spiro atoms. The van der Waals surface area contributed by atoms with Gasteiger partial charge in [0.25, 0.3) is 0 Å². The number of carbonyl (C=O) groups is 6. The lowest BCUT2D eigenvalue weighted by Crippen LogP contribution is -2.43. The summed E-state index contributed by atoms with van der Waals surface area (Å²) < 4.78 is 5.15. The summed E-state index contributed by atoms with van der Waals surface area (Å²) >= 11 is 0. The van der Waals surface area contributed by atoms with E-state index in [1.165, 1.54) is 19.2 Å². The number of hydrogen-bond donors (Lipinski definition) is 3. The summed E-state index contributed by atoms with van der Waals surface area (Å²) in [6.07, 6.45) is 1.37. The predicted octanol–water partition coefficient (Wildman–Crippen LogP) is 0.986. The van der Waals surface area contributed by atoms with Crippen LogP contribution in [0, 0.1) is 29.6 Å². The molecule has 0 bridgehead atoms. The number of ether oxygens (including phenoxy) is 1. The highest BCUT2D eigenvalue weighted by Gasteiger charge is 2.61. The molecule has 4 amide bonds. The van der Waals surface area contributed by atoms with Crippen LogP contribution in [0.15, 0.2) is 29.8 Å². The first-order chi connectivity index (χ1) is 18.5. The highest BCUT2D eigenvalue weighted by Crippen LogP contribution is 2.58. The van der Waals surface area contributed by atoms with Crippen LogP contribution in [0.2, 0.25) is 0 Å². The van der Waals surface area contributed by atoms with Gasteiger partial charge >= 0.3 is 11.9 Å². The average molecular weight is 541 g/mol. The lowest BCUT2D eigenvalue weighted by molar-refractivity contribution is -0.145. The molecular weight excluding hydrogens is 512 g/mol. The van der Waals surface area contributed by atoms with Crippen LogP contribution in [0.25, 0.3) is 0 Å². The van der Waals surface area contributed by atoms with Crippen LogP contribution in [0.1, 0.15) is 37.2 Å². The van der Waals surface area contributed by atoms with Crippen LogP contribution >= 0.6 is 0 Å². The molecule has 1 aromatic rings. The first-order valence-corrected chi connectivity index (χ1v) is 12.8. The molecule has 1 saturated carbocycles. The van der Waals surface area contributed by atoms with Crippen molar-refractivity contribution in [1.82, 2.24) is 9.80 Å². The quantitative estimate of drug-likeness (QED) is 0.318. The molecular formula is C27H28N2O10. The minimum atomic E-state index is -1.15. The molecule has 2 aliphatic carbocycles. The number of carboxylic acids is 2. The van der Waals surface area contributed by atoms with Gasteiger partial charge in [-0.1, -0.05) is 17.7 Å². The number of likely N-dealkylation sites (tertiary alicyclic amines) is 2. The van der Waals surface area contributed by atoms with E-state index in [1.807, 2.05) is 6.08 Å². The minimum absolute atomic E-state index is 0.121. The van der Waals surface area contributed by atoms with Crippen molar-refractivity contribution >= 4 is 35.6 Å². The number of rotatable bonds is 8. The largest absolute Gasteiger partial charge is 0.504 e. The summed E-state index contributed by atoms with van der Waals surface area (Å²) in [5.74, 6) is -8.71. The molecule has 6 atom stereocenters. The summed E-state index contributed by atoms with van der Waals surface area (Å²) in [7, 11) is 1.39. The molecule has 4 aliphatic rings. The Morgan fingerprint density at radius 3 is 2.03 bits per heavy atom. The van der Waals surface area contributed by atoms with E-state index in [-0.39, 0.29) is 43.9 Å². The van der Waals surface area contributed by atoms with E-state index in [0.717, 1.165) is 9.80 Å². The maximum Gasteiger partial charge on any atom is 0.305 e. The number of nitrogens with zero attached hydrogens (tertiary/aromatic N) is 2. The third kappa shape index (κ3) is 4.23. The molecule has 39 heavy (non-hydrogen) atoms. The Kier molecular flexibility index (Phi) is 6.65. The molecule has 5 rings (SSSR count). The fourth-order valence-corrected chi connectivity index (χ4v) is 6.85. The summed E-state index contributed by atoms with van der Waals surface area (Å²) in [6.45, 7) is -0.527. The van der Waals surface area contributed by atoms with Gasteiger partial charge in [-0.05, 0) is 36.5 Å². The molecule has 0 aromatic heterocycles. The topological polar surface area (TPSA) is 179 Å². The summed E-state index contributed by atoms with van der Waals surface area (Å²) in [4.78, 5) is 77.9.